The summed E-state index contributed by atoms with van der Waals surface area (Å²) in [4.78, 5) is 12.1. The molecule has 2 unspecified atom stereocenters. The van der Waals surface area contributed by atoms with Gasteiger partial charge in [0.15, 0.2) is 0 Å². The number of carbonyl (C=O) groups excluding carboxylic acids is 1. The Kier molecular flexibility index (Phi) is 6.60. The van der Waals surface area contributed by atoms with Gasteiger partial charge in [0.05, 0.1) is 32.1 Å². The van der Waals surface area contributed by atoms with E-state index in [1.165, 1.54) is 14.2 Å². The Balaban J connectivity index is 2.11. The molecular formula is C17H23O6P. The van der Waals surface area contributed by atoms with Crippen LogP contribution in [-0.2, 0) is 34.5 Å². The van der Waals surface area contributed by atoms with E-state index >= 15 is 0 Å². The van der Waals surface area contributed by atoms with Crippen LogP contribution in [0.2, 0.25) is 0 Å². The molecule has 0 aliphatic carbocycles. The number of ether oxygens (including phenoxy) is 2. The van der Waals surface area contributed by atoms with Crippen molar-refractivity contribution in [3.05, 3.63) is 47.2 Å². The van der Waals surface area contributed by atoms with Gasteiger partial charge < -0.3 is 18.5 Å². The summed E-state index contributed by atoms with van der Waals surface area (Å²) < 4.78 is 33.5. The first-order valence-electron chi connectivity index (χ1n) is 7.74. The van der Waals surface area contributed by atoms with Gasteiger partial charge in [-0.15, -0.1) is 0 Å². The minimum absolute atomic E-state index is 0.223. The van der Waals surface area contributed by atoms with Crippen molar-refractivity contribution in [2.45, 2.75) is 20.0 Å². The van der Waals surface area contributed by atoms with Gasteiger partial charge in [-0.1, -0.05) is 30.3 Å². The lowest BCUT2D eigenvalue weighted by Gasteiger charge is -2.17. The summed E-state index contributed by atoms with van der Waals surface area (Å²) >= 11 is 0. The molecule has 24 heavy (non-hydrogen) atoms. The number of hydrogen-bond acceptors (Lipinski definition) is 6. The highest BCUT2D eigenvalue weighted by molar-refractivity contribution is 7.53. The summed E-state index contributed by atoms with van der Waals surface area (Å²) in [5, 5.41) is 0. The Hall–Kier alpha value is -1.62. The van der Waals surface area contributed by atoms with Crippen LogP contribution in [0, 0.1) is 5.92 Å². The van der Waals surface area contributed by atoms with Crippen LogP contribution in [0.25, 0.3) is 0 Å². The third-order valence-electron chi connectivity index (χ3n) is 3.93. The second kappa shape index (κ2) is 8.47. The molecule has 0 amide bonds. The fraction of sp³-hybridized carbons (Fsp3) is 0.471. The van der Waals surface area contributed by atoms with Crippen molar-refractivity contribution in [3.8, 4) is 0 Å². The predicted octanol–water partition coefficient (Wildman–Crippen LogP) is 3.53. The van der Waals surface area contributed by atoms with Crippen molar-refractivity contribution in [1.82, 2.24) is 0 Å². The van der Waals surface area contributed by atoms with Gasteiger partial charge >= 0.3 is 13.6 Å². The molecule has 2 atom stereocenters. The van der Waals surface area contributed by atoms with Crippen molar-refractivity contribution in [2.75, 3.05) is 27.0 Å². The Morgan fingerprint density at radius 2 is 2.00 bits per heavy atom. The molecule has 0 N–H and O–H groups in total. The van der Waals surface area contributed by atoms with Gasteiger partial charge in [-0.3, -0.25) is 0 Å². The molecule has 1 heterocycles. The van der Waals surface area contributed by atoms with Crippen LogP contribution in [0.15, 0.2) is 41.7 Å². The second-order valence-electron chi connectivity index (χ2n) is 5.56. The smallest absolute Gasteiger partial charge is 0.378 e. The zero-order chi connectivity index (χ0) is 17.6. The Morgan fingerprint density at radius 1 is 1.29 bits per heavy atom. The molecule has 0 fully saturated rings. The van der Waals surface area contributed by atoms with Crippen molar-refractivity contribution < 1.29 is 27.9 Å². The minimum Gasteiger partial charge on any atom is -0.466 e. The highest BCUT2D eigenvalue weighted by Gasteiger charge is 2.36. The monoisotopic (exact) mass is 354 g/mol. The van der Waals surface area contributed by atoms with Crippen LogP contribution in [0.1, 0.15) is 18.9 Å². The third kappa shape index (κ3) is 4.69. The van der Waals surface area contributed by atoms with Crippen LogP contribution in [-0.4, -0.2) is 33.0 Å². The van der Waals surface area contributed by atoms with E-state index in [9.17, 15) is 9.36 Å². The van der Waals surface area contributed by atoms with Gasteiger partial charge in [-0.25, -0.2) is 9.36 Å². The molecule has 6 nitrogen and oxygen atoms in total. The van der Waals surface area contributed by atoms with E-state index in [0.29, 0.717) is 25.2 Å². The fourth-order valence-electron chi connectivity index (χ4n) is 2.66. The van der Waals surface area contributed by atoms with E-state index in [-0.39, 0.29) is 17.8 Å². The molecule has 0 aromatic heterocycles. The minimum atomic E-state index is -3.23. The highest BCUT2D eigenvalue weighted by Crippen LogP contribution is 2.53. The lowest BCUT2D eigenvalue weighted by Crippen LogP contribution is -2.21. The quantitative estimate of drug-likeness (QED) is 0.575. The first-order valence-corrected chi connectivity index (χ1v) is 9.47. The fourth-order valence-corrected chi connectivity index (χ4v) is 4.15. The molecule has 0 radical (unpaired) electrons. The van der Waals surface area contributed by atoms with Crippen molar-refractivity contribution in [2.24, 2.45) is 5.92 Å². The van der Waals surface area contributed by atoms with Crippen LogP contribution in [0.3, 0.4) is 0 Å². The number of allylic oxidation sites excluding steroid dienone is 1. The predicted molar refractivity (Wildman–Crippen MR) is 89.5 cm³/mol. The van der Waals surface area contributed by atoms with Crippen molar-refractivity contribution in [1.29, 1.82) is 0 Å². The molecule has 1 aliphatic rings. The summed E-state index contributed by atoms with van der Waals surface area (Å²) in [5.74, 6) is -0.477. The molecular weight excluding hydrogens is 331 g/mol. The third-order valence-corrected chi connectivity index (χ3v) is 5.84. The van der Waals surface area contributed by atoms with Crippen LogP contribution in [0.4, 0.5) is 0 Å². The normalized spacial score (nSPS) is 24.2. The molecule has 1 aromatic carbocycles. The summed E-state index contributed by atoms with van der Waals surface area (Å²) in [6, 6.07) is 9.76. The largest absolute Gasteiger partial charge is 0.466 e. The van der Waals surface area contributed by atoms with Gasteiger partial charge in [-0.05, 0) is 18.9 Å². The maximum atomic E-state index is 12.5. The number of methoxy groups -OCH3 is 1. The van der Waals surface area contributed by atoms with Crippen LogP contribution >= 0.6 is 7.60 Å². The van der Waals surface area contributed by atoms with Gasteiger partial charge in [-0.2, -0.15) is 0 Å². The Labute approximate surface area is 142 Å². The number of hydrogen-bond donors (Lipinski definition) is 0. The topological polar surface area (TPSA) is 71.1 Å². The van der Waals surface area contributed by atoms with E-state index in [1.54, 1.807) is 6.92 Å². The molecule has 0 saturated heterocycles. The zero-order valence-corrected chi connectivity index (χ0v) is 15.1. The van der Waals surface area contributed by atoms with Crippen molar-refractivity contribution in [3.63, 3.8) is 0 Å². The number of esters is 1. The van der Waals surface area contributed by atoms with E-state index in [1.807, 2.05) is 30.3 Å². The first kappa shape index (κ1) is 18.7. The highest BCUT2D eigenvalue weighted by atomic mass is 31.2. The van der Waals surface area contributed by atoms with Crippen LogP contribution in [0.5, 0.6) is 0 Å². The molecule has 0 bridgehead atoms. The maximum absolute atomic E-state index is 12.5. The molecule has 1 aliphatic heterocycles. The Bertz CT molecular complexity index is 640. The number of rotatable bonds is 6. The average molecular weight is 354 g/mol. The lowest BCUT2D eigenvalue weighted by atomic mass is 9.96. The van der Waals surface area contributed by atoms with Gasteiger partial charge in [0.1, 0.15) is 5.76 Å². The SMILES string of the molecule is COC(=O)C1=C(C)OP(=O)(OC)CCC1COCc1ccccc1. The van der Waals surface area contributed by atoms with Gasteiger partial charge in [0, 0.05) is 13.0 Å². The van der Waals surface area contributed by atoms with Crippen LogP contribution < -0.4 is 0 Å². The molecule has 2 rings (SSSR count). The van der Waals surface area contributed by atoms with Crippen molar-refractivity contribution >= 4 is 13.6 Å². The second-order valence-corrected chi connectivity index (χ2v) is 7.77. The zero-order valence-electron chi connectivity index (χ0n) is 14.2. The Morgan fingerprint density at radius 3 is 2.62 bits per heavy atom. The van der Waals surface area contributed by atoms with E-state index in [2.05, 4.69) is 0 Å². The summed E-state index contributed by atoms with van der Waals surface area (Å²) in [7, 11) is -0.574. The maximum Gasteiger partial charge on any atom is 0.378 e. The lowest BCUT2D eigenvalue weighted by molar-refractivity contribution is -0.137. The van der Waals surface area contributed by atoms with Gasteiger partial charge in [0.2, 0.25) is 0 Å². The molecule has 0 spiro atoms. The first-order chi connectivity index (χ1) is 11.5. The number of carbonyl (C=O) groups is 1. The molecule has 1 aromatic rings. The summed E-state index contributed by atoms with van der Waals surface area (Å²) in [6.07, 6.45) is 0.683. The molecule has 132 valence electrons. The molecule has 7 heteroatoms. The molecule has 0 saturated carbocycles. The van der Waals surface area contributed by atoms with E-state index in [0.717, 1.165) is 5.56 Å². The summed E-state index contributed by atoms with van der Waals surface area (Å²) in [5.41, 5.74) is 1.41. The summed E-state index contributed by atoms with van der Waals surface area (Å²) in [6.45, 7) is 2.35. The average Bonchev–Trinajstić information content (AvgIpc) is 2.72. The number of benzene rings is 1. The van der Waals surface area contributed by atoms with E-state index in [4.69, 9.17) is 18.5 Å². The van der Waals surface area contributed by atoms with Gasteiger partial charge in [0.25, 0.3) is 0 Å². The standard InChI is InChI=1S/C17H23O6P/c1-13-16(17(18)20-2)15(9-10-24(19,21-3)23-13)12-22-11-14-7-5-4-6-8-14/h4-8,15H,9-12H2,1-3H3. The van der Waals surface area contributed by atoms with E-state index < -0.39 is 13.6 Å².